The van der Waals surface area contributed by atoms with Gasteiger partial charge in [0.25, 0.3) is 5.91 Å². The van der Waals surface area contributed by atoms with Crippen molar-refractivity contribution in [3.63, 3.8) is 0 Å². The van der Waals surface area contributed by atoms with Gasteiger partial charge in [0.05, 0.1) is 11.0 Å². The Labute approximate surface area is 143 Å². The number of hydrogen-bond acceptors (Lipinski definition) is 3. The Hall–Kier alpha value is -2.86. The van der Waals surface area contributed by atoms with E-state index in [9.17, 15) is 9.59 Å². The lowest BCUT2D eigenvalue weighted by Crippen LogP contribution is -2.41. The summed E-state index contributed by atoms with van der Waals surface area (Å²) in [5.41, 5.74) is 2.01. The van der Waals surface area contributed by atoms with Crippen molar-refractivity contribution in [2.75, 3.05) is 5.32 Å². The van der Waals surface area contributed by atoms with Crippen LogP contribution < -0.4 is 10.6 Å². The van der Waals surface area contributed by atoms with Gasteiger partial charge in [-0.3, -0.25) is 14.9 Å². The number of H-pyrrole nitrogens is 1. The monoisotopic (exact) mass is 342 g/mol. The minimum atomic E-state index is -0.721. The molecule has 2 aromatic carbocycles. The van der Waals surface area contributed by atoms with Crippen molar-refractivity contribution in [3.8, 4) is 0 Å². The number of nitrogens with zero attached hydrogens (tertiary/aromatic N) is 1. The molecule has 3 rings (SSSR count). The van der Waals surface area contributed by atoms with Crippen LogP contribution in [0.4, 0.5) is 5.95 Å². The molecule has 0 spiro atoms. The molecule has 0 aliphatic carbocycles. The van der Waals surface area contributed by atoms with Gasteiger partial charge in [-0.15, -0.1) is 0 Å². The maximum atomic E-state index is 12.2. The maximum absolute atomic E-state index is 12.2. The summed E-state index contributed by atoms with van der Waals surface area (Å²) in [4.78, 5) is 31.6. The quantitative estimate of drug-likeness (QED) is 0.681. The number of anilines is 1. The van der Waals surface area contributed by atoms with Gasteiger partial charge in [0.2, 0.25) is 11.9 Å². The van der Waals surface area contributed by atoms with Crippen molar-refractivity contribution in [1.82, 2.24) is 15.3 Å². The van der Waals surface area contributed by atoms with Crippen molar-refractivity contribution in [2.45, 2.75) is 13.0 Å². The van der Waals surface area contributed by atoms with Gasteiger partial charge in [0.15, 0.2) is 0 Å². The van der Waals surface area contributed by atoms with Gasteiger partial charge in [-0.25, -0.2) is 4.98 Å². The van der Waals surface area contributed by atoms with E-state index >= 15 is 0 Å². The van der Waals surface area contributed by atoms with Gasteiger partial charge in [0, 0.05) is 10.6 Å². The maximum Gasteiger partial charge on any atom is 0.251 e. The third-order valence-electron chi connectivity index (χ3n) is 3.48. The number of carbonyl (C=O) groups excluding carboxylic acids is 2. The van der Waals surface area contributed by atoms with E-state index in [-0.39, 0.29) is 11.8 Å². The first-order chi connectivity index (χ1) is 11.5. The highest BCUT2D eigenvalue weighted by Gasteiger charge is 2.18. The van der Waals surface area contributed by atoms with Crippen LogP contribution in [0.2, 0.25) is 5.02 Å². The number of imidazole rings is 1. The number of benzene rings is 2. The van der Waals surface area contributed by atoms with Crippen molar-refractivity contribution in [1.29, 1.82) is 0 Å². The van der Waals surface area contributed by atoms with E-state index in [1.807, 2.05) is 24.3 Å². The number of halogens is 1. The van der Waals surface area contributed by atoms with Crippen LogP contribution >= 0.6 is 11.6 Å². The second-order valence-electron chi connectivity index (χ2n) is 5.29. The Morgan fingerprint density at radius 2 is 1.83 bits per heavy atom. The van der Waals surface area contributed by atoms with Gasteiger partial charge in [0.1, 0.15) is 6.04 Å². The molecule has 1 unspecified atom stereocenters. The Balaban J connectivity index is 1.63. The van der Waals surface area contributed by atoms with Gasteiger partial charge in [-0.05, 0) is 43.3 Å². The minimum absolute atomic E-state index is 0.341. The third kappa shape index (κ3) is 3.55. The summed E-state index contributed by atoms with van der Waals surface area (Å²) in [6, 6.07) is 13.2. The molecule has 122 valence electrons. The smallest absolute Gasteiger partial charge is 0.251 e. The standard InChI is InChI=1S/C17H15ClN4O2/c1-10(19-16(24)11-6-8-12(18)9-7-11)15(23)22-17-20-13-4-2-3-5-14(13)21-17/h2-10H,1H3,(H,19,24)(H2,20,21,22,23). The average molecular weight is 343 g/mol. The van der Waals surface area contributed by atoms with Gasteiger partial charge in [-0.2, -0.15) is 0 Å². The summed E-state index contributed by atoms with van der Waals surface area (Å²) in [7, 11) is 0. The molecule has 0 aliphatic heterocycles. The van der Waals surface area contributed by atoms with Crippen molar-refractivity contribution >= 4 is 40.4 Å². The van der Waals surface area contributed by atoms with E-state index in [4.69, 9.17) is 11.6 Å². The minimum Gasteiger partial charge on any atom is -0.341 e. The largest absolute Gasteiger partial charge is 0.341 e. The Morgan fingerprint density at radius 1 is 1.12 bits per heavy atom. The molecule has 0 radical (unpaired) electrons. The van der Waals surface area contributed by atoms with Crippen molar-refractivity contribution in [3.05, 3.63) is 59.1 Å². The molecule has 0 bridgehead atoms. The van der Waals surface area contributed by atoms with Crippen LogP contribution in [-0.2, 0) is 4.79 Å². The zero-order chi connectivity index (χ0) is 17.1. The molecule has 2 amide bonds. The fourth-order valence-electron chi connectivity index (χ4n) is 2.18. The number of aromatic amines is 1. The summed E-state index contributed by atoms with van der Waals surface area (Å²) < 4.78 is 0. The van der Waals surface area contributed by atoms with Crippen LogP contribution in [0.3, 0.4) is 0 Å². The first-order valence-corrected chi connectivity index (χ1v) is 7.73. The van der Waals surface area contributed by atoms with Crippen molar-refractivity contribution in [2.24, 2.45) is 0 Å². The normalized spacial score (nSPS) is 11.9. The Kier molecular flexibility index (Phi) is 4.48. The number of nitrogens with one attached hydrogen (secondary N) is 3. The van der Waals surface area contributed by atoms with Crippen LogP contribution in [0.25, 0.3) is 11.0 Å². The number of rotatable bonds is 4. The number of carbonyl (C=O) groups is 2. The number of fused-ring (bicyclic) bond motifs is 1. The predicted molar refractivity (Wildman–Crippen MR) is 93.1 cm³/mol. The Morgan fingerprint density at radius 3 is 2.54 bits per heavy atom. The lowest BCUT2D eigenvalue weighted by atomic mass is 10.2. The number of aromatic nitrogens is 2. The highest BCUT2D eigenvalue weighted by Crippen LogP contribution is 2.13. The van der Waals surface area contributed by atoms with Crippen molar-refractivity contribution < 1.29 is 9.59 Å². The van der Waals surface area contributed by atoms with E-state index in [0.29, 0.717) is 16.5 Å². The summed E-state index contributed by atoms with van der Waals surface area (Å²) in [5, 5.41) is 5.83. The van der Waals surface area contributed by atoms with Crippen LogP contribution in [-0.4, -0.2) is 27.8 Å². The third-order valence-corrected chi connectivity index (χ3v) is 3.73. The van der Waals surface area contributed by atoms with E-state index in [1.165, 1.54) is 0 Å². The fourth-order valence-corrected chi connectivity index (χ4v) is 2.31. The molecule has 24 heavy (non-hydrogen) atoms. The lowest BCUT2D eigenvalue weighted by Gasteiger charge is -2.13. The molecule has 1 atom stereocenters. The molecule has 1 heterocycles. The molecule has 3 aromatic rings. The molecule has 7 heteroatoms. The molecule has 0 fully saturated rings. The van der Waals surface area contributed by atoms with Crippen LogP contribution in [0, 0.1) is 0 Å². The predicted octanol–water partition coefficient (Wildman–Crippen LogP) is 2.97. The lowest BCUT2D eigenvalue weighted by molar-refractivity contribution is -0.117. The summed E-state index contributed by atoms with van der Waals surface area (Å²) in [6.45, 7) is 1.60. The highest BCUT2D eigenvalue weighted by molar-refractivity contribution is 6.30. The fraction of sp³-hybridized carbons (Fsp3) is 0.118. The molecular weight excluding hydrogens is 328 g/mol. The molecule has 0 saturated heterocycles. The molecule has 1 aromatic heterocycles. The second kappa shape index (κ2) is 6.72. The van der Waals surface area contributed by atoms with E-state index < -0.39 is 6.04 Å². The highest BCUT2D eigenvalue weighted by atomic mass is 35.5. The van der Waals surface area contributed by atoms with E-state index in [1.54, 1.807) is 31.2 Å². The number of para-hydroxylation sites is 2. The molecule has 0 aliphatic rings. The van der Waals surface area contributed by atoms with Crippen LogP contribution in [0.5, 0.6) is 0 Å². The average Bonchev–Trinajstić information content (AvgIpc) is 2.97. The van der Waals surface area contributed by atoms with Gasteiger partial charge in [-0.1, -0.05) is 23.7 Å². The van der Waals surface area contributed by atoms with E-state index in [0.717, 1.165) is 11.0 Å². The molecule has 3 N–H and O–H groups in total. The number of amides is 2. The number of hydrogen-bond donors (Lipinski definition) is 3. The second-order valence-corrected chi connectivity index (χ2v) is 5.73. The SMILES string of the molecule is CC(NC(=O)c1ccc(Cl)cc1)C(=O)Nc1nc2ccccc2[nH]1. The Bertz CT molecular complexity index is 856. The van der Waals surface area contributed by atoms with E-state index in [2.05, 4.69) is 20.6 Å². The van der Waals surface area contributed by atoms with Gasteiger partial charge >= 0.3 is 0 Å². The molecule has 6 nitrogen and oxygen atoms in total. The first-order valence-electron chi connectivity index (χ1n) is 7.35. The molecule has 0 saturated carbocycles. The van der Waals surface area contributed by atoms with Crippen LogP contribution in [0.1, 0.15) is 17.3 Å². The summed E-state index contributed by atoms with van der Waals surface area (Å²) >= 11 is 5.79. The molecular formula is C17H15ClN4O2. The zero-order valence-electron chi connectivity index (χ0n) is 12.8. The topological polar surface area (TPSA) is 86.9 Å². The summed E-state index contributed by atoms with van der Waals surface area (Å²) in [6.07, 6.45) is 0. The summed E-state index contributed by atoms with van der Waals surface area (Å²) in [5.74, 6) is -0.371. The first kappa shape index (κ1) is 16.0. The van der Waals surface area contributed by atoms with Gasteiger partial charge < -0.3 is 10.3 Å². The zero-order valence-corrected chi connectivity index (χ0v) is 13.6. The van der Waals surface area contributed by atoms with Crippen LogP contribution in [0.15, 0.2) is 48.5 Å².